The minimum absolute atomic E-state index is 0.00760. The average molecular weight is 2110 g/mol. The number of likely N-dealkylation sites (tertiary alicyclic amines) is 2. The van der Waals surface area contributed by atoms with Gasteiger partial charge in [-0.25, -0.2) is 9.97 Å². The number of carbonyl (C=O) groups is 22. The fourth-order valence-electron chi connectivity index (χ4n) is 16.8. The summed E-state index contributed by atoms with van der Waals surface area (Å²) in [5.74, 6) is -23.7. The zero-order valence-corrected chi connectivity index (χ0v) is 89.1. The van der Waals surface area contributed by atoms with Crippen molar-refractivity contribution < 1.29 is 116 Å². The maximum atomic E-state index is 14.8. The van der Waals surface area contributed by atoms with Gasteiger partial charge in [0.15, 0.2) is 0 Å². The summed E-state index contributed by atoms with van der Waals surface area (Å²) in [6.45, 7) is 27.0. The van der Waals surface area contributed by atoms with Crippen molar-refractivity contribution in [2.24, 2.45) is 64.5 Å². The van der Waals surface area contributed by atoms with Crippen LogP contribution in [-0.4, -0.2) is 318 Å². The number of aliphatic carboxylic acids is 2. The summed E-state index contributed by atoms with van der Waals surface area (Å²) in [5, 5.41) is 64.4. The molecule has 20 amide bonds. The summed E-state index contributed by atoms with van der Waals surface area (Å²) in [5.41, 5.74) is 17.7. The van der Waals surface area contributed by atoms with Crippen LogP contribution in [0.3, 0.4) is 0 Å². The highest BCUT2D eigenvalue weighted by molar-refractivity contribution is 7.80. The van der Waals surface area contributed by atoms with E-state index in [0.717, 1.165) is 9.80 Å². The number of carbonyl (C=O) groups excluding carboxylic acids is 20. The van der Waals surface area contributed by atoms with Crippen LogP contribution < -0.4 is 108 Å². The van der Waals surface area contributed by atoms with E-state index in [9.17, 15) is 116 Å². The predicted molar refractivity (Wildman–Crippen MR) is 544 cm³/mol. The van der Waals surface area contributed by atoms with Crippen molar-refractivity contribution in [3.05, 3.63) is 36.4 Å². The third kappa shape index (κ3) is 42.7. The number of hydrogen-bond donors (Lipinski definition) is 25. The maximum Gasteiger partial charge on any atom is 0.303 e. The standard InChI is InChI=1S/C97H162N26O24S/c1-18-55(15)79(107-57(17)124)94(144)112-64(38-49(3)4)86(136)108-60(26-20-22-34-98)84(134)110-62(30-32-73(127)128)96(146)122-36-25-29-70(122)90(140)120-78(54(13)14)93(143)115-67(41-59-43-102-48-106-59)83(133)104-45-72(126)118-76(52(9)10)91(141)116-68(46-148)88(138)121-80(56(16)19-2)95(145)113-65(39-50(5)6)87(137)109-61(27-21-23-35-99)85(135)111-63(31-33-74(129)130)97(147)123-37-24-28-69(123)89(139)119-77(53(11)12)92(142)114-66(40-58-42-101-47-105-58)82(132)103-44-71(125)117-75(51(7)8)81(100)131/h42-43,47-56,60-70,75-80,148H,18-41,44-46,98-99H2,1-17H3,(H2,100,131)(H,101,105)(H,102,106)(H,103,132)(H,104,133)(H,107,124)(H,108,136)(H,109,137)(H,110,134)(H,111,135)(H,112,144)(H,113,145)(H,114,142)(H,115,143)(H,116,141)(H,117,125)(H,118,126)(H,119,139)(H,120,140)(H,121,138)(H,127,128)(H,129,130)/t55-,56-,60-,61-,62-,63-,64-,65-,66-,67-,68-,69-,70-,75-,76-,77-,78-,79-,80-/m0/s1. The molecule has 50 nitrogen and oxygen atoms in total. The first kappa shape index (κ1) is 127. The number of carboxylic acids is 2. The molecule has 4 rings (SSSR count). The molecule has 2 fully saturated rings. The molecule has 2 aromatic rings. The number of primary amides is 1. The number of amides is 20. The SMILES string of the molecule is CC[C@H](C)[C@H](NC(C)=O)C(=O)N[C@@H](CC(C)C)C(=O)N[C@@H](CCCCN)C(=O)N[C@@H](CCC(=O)O)C(=O)N1CCC[C@H]1C(=O)N[C@H](C(=O)N[C@@H](Cc1c[nH]cn1)C(=O)NCC(=O)N[C@H](C(=O)N[C@@H](CS)C(=O)N[C@H](C(=O)N[C@@H](CC(C)C)C(=O)N[C@@H](CCCCN)C(=O)N[C@@H](CCC(=O)O)C(=O)N1CCC[C@H]1C(=O)N[C@H](C(=O)N[C@@H](Cc1c[nH]cn1)C(=O)NCC(=O)N[C@H](C(N)=O)C(C)C)C(C)C)[C@@H](C)CC)C(C)C)C(C)C. The Morgan fingerprint density at radius 2 is 0.703 bits per heavy atom. The largest absolute Gasteiger partial charge is 0.481 e. The fourth-order valence-corrected chi connectivity index (χ4v) is 17.1. The van der Waals surface area contributed by atoms with Crippen molar-refractivity contribution in [1.82, 2.24) is 120 Å². The Hall–Kier alpha value is -13.0. The number of unbranched alkanes of at least 4 members (excludes halogenated alkanes) is 2. The van der Waals surface area contributed by atoms with Gasteiger partial charge >= 0.3 is 11.9 Å². The van der Waals surface area contributed by atoms with Crippen molar-refractivity contribution in [3.8, 4) is 0 Å². The molecule has 0 spiro atoms. The molecule has 0 aliphatic carbocycles. The lowest BCUT2D eigenvalue weighted by molar-refractivity contribution is -0.144. The summed E-state index contributed by atoms with van der Waals surface area (Å²) in [6, 6.07) is -23.2. The van der Waals surface area contributed by atoms with Gasteiger partial charge in [0.25, 0.3) is 0 Å². The predicted octanol–water partition coefficient (Wildman–Crippen LogP) is -3.36. The second-order valence-corrected chi connectivity index (χ2v) is 40.5. The number of nitrogens with two attached hydrogens (primary N) is 3. The van der Waals surface area contributed by atoms with E-state index >= 15 is 0 Å². The molecule has 2 aliphatic rings. The molecule has 830 valence electrons. The second-order valence-electron chi connectivity index (χ2n) is 40.1. The molecule has 2 saturated heterocycles. The lowest BCUT2D eigenvalue weighted by Crippen LogP contribution is -2.62. The van der Waals surface area contributed by atoms with Crippen LogP contribution >= 0.6 is 12.6 Å². The average Bonchev–Trinajstić information content (AvgIpc) is 1.65. The smallest absolute Gasteiger partial charge is 0.303 e. The van der Waals surface area contributed by atoms with Crippen LogP contribution in [0.15, 0.2) is 25.0 Å². The van der Waals surface area contributed by atoms with Gasteiger partial charge in [-0.05, 0) is 150 Å². The van der Waals surface area contributed by atoms with E-state index in [1.54, 1.807) is 90.0 Å². The van der Waals surface area contributed by atoms with E-state index in [1.807, 2.05) is 20.8 Å². The molecule has 4 heterocycles. The molecule has 148 heavy (non-hydrogen) atoms. The molecule has 0 radical (unpaired) electrons. The second kappa shape index (κ2) is 64.3. The zero-order valence-electron chi connectivity index (χ0n) is 88.2. The van der Waals surface area contributed by atoms with Crippen LogP contribution in [0.25, 0.3) is 0 Å². The number of carboxylic acid groups (broad SMARTS) is 2. The first-order valence-electron chi connectivity index (χ1n) is 51.1. The Morgan fingerprint density at radius 3 is 1.02 bits per heavy atom. The van der Waals surface area contributed by atoms with Crippen molar-refractivity contribution in [3.63, 3.8) is 0 Å². The van der Waals surface area contributed by atoms with Crippen molar-refractivity contribution in [2.75, 3.05) is 45.0 Å². The quantitative estimate of drug-likeness (QED) is 0.0227. The maximum absolute atomic E-state index is 14.8. The van der Waals surface area contributed by atoms with Crippen molar-refractivity contribution >= 4 is 143 Å². The van der Waals surface area contributed by atoms with Gasteiger partial charge in [0.05, 0.1) is 37.1 Å². The Bertz CT molecular complexity index is 4770. The van der Waals surface area contributed by atoms with Gasteiger partial charge in [0.1, 0.15) is 103 Å². The number of aromatic amines is 2. The summed E-state index contributed by atoms with van der Waals surface area (Å²) in [4.78, 5) is 322. The molecule has 0 saturated carbocycles. The molecule has 0 aromatic carbocycles. The zero-order chi connectivity index (χ0) is 111. The van der Waals surface area contributed by atoms with Crippen molar-refractivity contribution in [1.29, 1.82) is 0 Å². The molecule has 0 bridgehead atoms. The number of nitrogens with one attached hydrogen (secondary N) is 19. The van der Waals surface area contributed by atoms with Gasteiger partial charge in [-0.3, -0.25) is 105 Å². The van der Waals surface area contributed by atoms with Gasteiger partial charge < -0.3 is 138 Å². The number of rotatable bonds is 67. The molecule has 27 N–H and O–H groups in total. The van der Waals surface area contributed by atoms with E-state index in [4.69, 9.17) is 17.2 Å². The Balaban J connectivity index is 1.50. The lowest BCUT2D eigenvalue weighted by atomic mass is 9.96. The summed E-state index contributed by atoms with van der Waals surface area (Å²) >= 11 is 4.37. The van der Waals surface area contributed by atoms with Crippen molar-refractivity contribution in [2.45, 2.75) is 349 Å². The lowest BCUT2D eigenvalue weighted by Gasteiger charge is -2.32. The number of hydrogen-bond acceptors (Lipinski definition) is 27. The number of imidazole rings is 2. The molecule has 2 aliphatic heterocycles. The molecule has 51 heteroatoms. The Kier molecular flexibility index (Phi) is 55.3. The van der Waals surface area contributed by atoms with E-state index in [0.29, 0.717) is 31.4 Å². The van der Waals surface area contributed by atoms with E-state index in [2.05, 4.69) is 123 Å². The molecular formula is C97H162N26O24S. The minimum atomic E-state index is -1.63. The van der Waals surface area contributed by atoms with Gasteiger partial charge in [-0.15, -0.1) is 0 Å². The first-order chi connectivity index (χ1) is 69.7. The van der Waals surface area contributed by atoms with Gasteiger partial charge in [0, 0.05) is 63.8 Å². The van der Waals surface area contributed by atoms with Crippen LogP contribution in [0.4, 0.5) is 0 Å². The van der Waals surface area contributed by atoms with E-state index in [1.165, 1.54) is 32.0 Å². The monoisotopic (exact) mass is 2110 g/mol. The molecule has 0 unspecified atom stereocenters. The number of H-pyrrole nitrogens is 2. The summed E-state index contributed by atoms with van der Waals surface area (Å²) < 4.78 is 0. The minimum Gasteiger partial charge on any atom is -0.481 e. The third-order valence-electron chi connectivity index (χ3n) is 25.6. The first-order valence-corrected chi connectivity index (χ1v) is 51.7. The third-order valence-corrected chi connectivity index (χ3v) is 26.0. The molecule has 19 atom stereocenters. The van der Waals surface area contributed by atoms with E-state index < -0.39 is 295 Å². The number of aromatic nitrogens is 4. The molecular weight excluding hydrogens is 1950 g/mol. The normalized spacial score (nSPS) is 16.9. The highest BCUT2D eigenvalue weighted by Crippen LogP contribution is 2.25. The molecule has 2 aromatic heterocycles. The van der Waals surface area contributed by atoms with E-state index in [-0.39, 0.29) is 138 Å². The van der Waals surface area contributed by atoms with Gasteiger partial charge in [-0.1, -0.05) is 124 Å². The topological polar surface area (TPSA) is 762 Å². The Morgan fingerprint density at radius 1 is 0.385 bits per heavy atom. The van der Waals surface area contributed by atoms with Gasteiger partial charge in [0.2, 0.25) is 118 Å². The van der Waals surface area contributed by atoms with Gasteiger partial charge in [-0.2, -0.15) is 12.6 Å². The van der Waals surface area contributed by atoms with Crippen LogP contribution in [-0.2, 0) is 118 Å². The van der Waals surface area contributed by atoms with Crippen LogP contribution in [0, 0.1) is 47.3 Å². The van der Waals surface area contributed by atoms with Crippen LogP contribution in [0.1, 0.15) is 245 Å². The fraction of sp³-hybridized carbons (Fsp3) is 0.711. The van der Waals surface area contributed by atoms with Crippen LogP contribution in [0.5, 0.6) is 0 Å². The highest BCUT2D eigenvalue weighted by Gasteiger charge is 2.46. The Labute approximate surface area is 869 Å². The highest BCUT2D eigenvalue weighted by atomic mass is 32.1. The number of thiol groups is 1. The van der Waals surface area contributed by atoms with Crippen LogP contribution in [0.2, 0.25) is 0 Å². The number of nitrogens with zero attached hydrogens (tertiary/aromatic N) is 4. The summed E-state index contributed by atoms with van der Waals surface area (Å²) in [6.07, 6.45) is 5.40. The summed E-state index contributed by atoms with van der Waals surface area (Å²) in [7, 11) is 0.